The fraction of sp³-hybridized carbons (Fsp3) is 0.571. The highest BCUT2D eigenvalue weighted by Gasteiger charge is 2.40. The number of fused-ring (bicyclic) bond motifs is 2. The minimum absolute atomic E-state index is 0.447. The average molecular weight is 197 g/mol. The summed E-state index contributed by atoms with van der Waals surface area (Å²) in [5.41, 5.74) is 1.56. The summed E-state index contributed by atoms with van der Waals surface area (Å²) in [6.45, 7) is 0. The summed E-state index contributed by atoms with van der Waals surface area (Å²) in [6, 6.07) is 11.2. The van der Waals surface area contributed by atoms with E-state index in [0.717, 1.165) is 5.82 Å². The third-order valence-electron chi connectivity index (χ3n) is 4.30. The number of rotatable bonds is 1. The maximum Gasteiger partial charge on any atom is 0.128 e. The highest BCUT2D eigenvalue weighted by Crippen LogP contribution is 2.47. The van der Waals surface area contributed by atoms with Crippen LogP contribution in [0.4, 0.5) is 0 Å². The van der Waals surface area contributed by atoms with Gasteiger partial charge >= 0.3 is 0 Å². The number of benzene rings is 1. The van der Waals surface area contributed by atoms with Crippen LogP contribution in [-0.4, -0.2) is 7.28 Å². The summed E-state index contributed by atoms with van der Waals surface area (Å²) < 4.78 is 0. The summed E-state index contributed by atoms with van der Waals surface area (Å²) in [6.07, 6.45) is 8.50. The molecule has 15 heavy (non-hydrogen) atoms. The van der Waals surface area contributed by atoms with E-state index >= 15 is 0 Å². The van der Waals surface area contributed by atoms with Crippen molar-refractivity contribution in [2.75, 3.05) is 0 Å². The third-order valence-corrected chi connectivity index (χ3v) is 4.30. The first-order valence-corrected chi connectivity index (χ1v) is 6.31. The maximum absolute atomic E-state index is 2.68. The Labute approximate surface area is 93.3 Å². The van der Waals surface area contributed by atoms with E-state index in [4.69, 9.17) is 0 Å². The average Bonchev–Trinajstić information content (AvgIpc) is 2.30. The SMILES string of the molecule is [B]1C2CCCC1(c1ccccc1)CCC2. The molecule has 77 valence electrons. The van der Waals surface area contributed by atoms with Crippen molar-refractivity contribution in [2.45, 2.75) is 49.7 Å². The topological polar surface area (TPSA) is 0 Å². The van der Waals surface area contributed by atoms with Gasteiger partial charge in [-0.1, -0.05) is 74.7 Å². The second kappa shape index (κ2) is 3.70. The van der Waals surface area contributed by atoms with Gasteiger partial charge in [-0.15, -0.1) is 0 Å². The molecule has 2 aliphatic heterocycles. The van der Waals surface area contributed by atoms with Crippen molar-refractivity contribution in [2.24, 2.45) is 0 Å². The minimum Gasteiger partial charge on any atom is -0.0678 e. The second-order valence-corrected chi connectivity index (χ2v) is 5.23. The van der Waals surface area contributed by atoms with Gasteiger partial charge in [-0.2, -0.15) is 0 Å². The van der Waals surface area contributed by atoms with Crippen LogP contribution in [0.2, 0.25) is 5.82 Å². The Morgan fingerprint density at radius 1 is 1.00 bits per heavy atom. The molecule has 1 radical (unpaired) electrons. The van der Waals surface area contributed by atoms with Crippen molar-refractivity contribution >= 4 is 7.28 Å². The van der Waals surface area contributed by atoms with E-state index in [9.17, 15) is 0 Å². The lowest BCUT2D eigenvalue weighted by Crippen LogP contribution is -2.42. The lowest BCUT2D eigenvalue weighted by molar-refractivity contribution is 0.364. The van der Waals surface area contributed by atoms with Crippen molar-refractivity contribution in [3.05, 3.63) is 35.9 Å². The van der Waals surface area contributed by atoms with E-state index < -0.39 is 0 Å². The lowest BCUT2D eigenvalue weighted by Gasteiger charge is -2.45. The molecule has 1 heteroatoms. The second-order valence-electron chi connectivity index (χ2n) is 5.23. The largest absolute Gasteiger partial charge is 0.128 e. The molecule has 0 saturated carbocycles. The van der Waals surface area contributed by atoms with Crippen LogP contribution in [0.15, 0.2) is 30.3 Å². The monoisotopic (exact) mass is 197 g/mol. The Morgan fingerprint density at radius 2 is 1.67 bits per heavy atom. The fourth-order valence-corrected chi connectivity index (χ4v) is 3.57. The molecule has 3 rings (SSSR count). The van der Waals surface area contributed by atoms with Crippen LogP contribution in [0, 0.1) is 0 Å². The molecule has 1 aromatic rings. The van der Waals surface area contributed by atoms with Crippen LogP contribution in [-0.2, 0) is 5.31 Å². The molecule has 2 aliphatic rings. The van der Waals surface area contributed by atoms with Gasteiger partial charge in [0.2, 0.25) is 0 Å². The Bertz CT molecular complexity index is 320. The first kappa shape index (κ1) is 9.51. The molecular formula is C14H18B. The zero-order chi connectivity index (χ0) is 10.1. The molecule has 0 atom stereocenters. The van der Waals surface area contributed by atoms with Crippen molar-refractivity contribution in [1.29, 1.82) is 0 Å². The Hall–Kier alpha value is -0.715. The Kier molecular flexibility index (Phi) is 2.34. The molecule has 0 N–H and O–H groups in total. The molecule has 2 saturated heterocycles. The minimum atomic E-state index is 0.447. The van der Waals surface area contributed by atoms with Crippen LogP contribution in [0.25, 0.3) is 0 Å². The van der Waals surface area contributed by atoms with Gasteiger partial charge in [0.1, 0.15) is 7.28 Å². The summed E-state index contributed by atoms with van der Waals surface area (Å²) in [4.78, 5) is 0. The summed E-state index contributed by atoms with van der Waals surface area (Å²) in [7, 11) is 2.68. The van der Waals surface area contributed by atoms with Gasteiger partial charge in [0.25, 0.3) is 0 Å². The molecule has 2 fully saturated rings. The molecule has 0 aromatic heterocycles. The van der Waals surface area contributed by atoms with E-state index in [-0.39, 0.29) is 0 Å². The van der Waals surface area contributed by atoms with E-state index in [1.165, 1.54) is 38.5 Å². The quantitative estimate of drug-likeness (QED) is 0.601. The number of hydrogen-bond donors (Lipinski definition) is 0. The van der Waals surface area contributed by atoms with Crippen LogP contribution in [0.1, 0.15) is 44.1 Å². The normalized spacial score (nSPS) is 34.5. The summed E-state index contributed by atoms with van der Waals surface area (Å²) in [5.74, 6) is 0.910. The summed E-state index contributed by atoms with van der Waals surface area (Å²) in [5, 5.41) is 0.447. The van der Waals surface area contributed by atoms with Crippen LogP contribution in [0.3, 0.4) is 0 Å². The van der Waals surface area contributed by atoms with E-state index in [1.54, 1.807) is 5.56 Å². The first-order chi connectivity index (χ1) is 7.39. The fourth-order valence-electron chi connectivity index (χ4n) is 3.57. The highest BCUT2D eigenvalue weighted by atomic mass is 14.3. The Balaban J connectivity index is 1.95. The van der Waals surface area contributed by atoms with Gasteiger partial charge in [-0.05, 0) is 10.9 Å². The predicted octanol–water partition coefficient (Wildman–Crippen LogP) is 3.74. The number of hydrogen-bond acceptors (Lipinski definition) is 0. The van der Waals surface area contributed by atoms with Crippen LogP contribution < -0.4 is 0 Å². The van der Waals surface area contributed by atoms with Crippen molar-refractivity contribution < 1.29 is 0 Å². The Morgan fingerprint density at radius 3 is 2.33 bits per heavy atom. The van der Waals surface area contributed by atoms with Gasteiger partial charge in [0.05, 0.1) is 0 Å². The van der Waals surface area contributed by atoms with Crippen molar-refractivity contribution in [1.82, 2.24) is 0 Å². The third kappa shape index (κ3) is 1.62. The van der Waals surface area contributed by atoms with E-state index in [0.29, 0.717) is 5.31 Å². The molecular weight excluding hydrogens is 179 g/mol. The first-order valence-electron chi connectivity index (χ1n) is 6.31. The van der Waals surface area contributed by atoms with Gasteiger partial charge in [0.15, 0.2) is 0 Å². The molecule has 0 amide bonds. The van der Waals surface area contributed by atoms with E-state index in [2.05, 4.69) is 37.6 Å². The van der Waals surface area contributed by atoms with Crippen LogP contribution >= 0.6 is 0 Å². The molecule has 0 spiro atoms. The highest BCUT2D eigenvalue weighted by molar-refractivity contribution is 6.43. The summed E-state index contributed by atoms with van der Waals surface area (Å²) >= 11 is 0. The van der Waals surface area contributed by atoms with Crippen LogP contribution in [0.5, 0.6) is 0 Å². The smallest absolute Gasteiger partial charge is 0.0678 e. The van der Waals surface area contributed by atoms with Gasteiger partial charge in [-0.25, -0.2) is 0 Å². The standard InChI is InChI=1S/C14H18B/c1-2-6-12(7-3-1)14-10-4-8-13(15-14)9-5-11-14/h1-3,6-7,13H,4-5,8-11H2. The van der Waals surface area contributed by atoms with Gasteiger partial charge in [0, 0.05) is 0 Å². The molecule has 0 aliphatic carbocycles. The molecule has 0 nitrogen and oxygen atoms in total. The molecule has 0 unspecified atom stereocenters. The van der Waals surface area contributed by atoms with Crippen molar-refractivity contribution in [3.8, 4) is 0 Å². The van der Waals surface area contributed by atoms with Gasteiger partial charge in [-0.3, -0.25) is 0 Å². The van der Waals surface area contributed by atoms with E-state index in [1.807, 2.05) is 0 Å². The maximum atomic E-state index is 2.68. The molecule has 2 heterocycles. The predicted molar refractivity (Wildman–Crippen MR) is 65.3 cm³/mol. The molecule has 2 bridgehead atoms. The molecule has 1 aromatic carbocycles. The zero-order valence-corrected chi connectivity index (χ0v) is 9.28. The zero-order valence-electron chi connectivity index (χ0n) is 9.28. The van der Waals surface area contributed by atoms with Crippen molar-refractivity contribution in [3.63, 3.8) is 0 Å². The van der Waals surface area contributed by atoms with Gasteiger partial charge < -0.3 is 0 Å². The lowest BCUT2D eigenvalue weighted by atomic mass is 9.34.